The van der Waals surface area contributed by atoms with Crippen LogP contribution < -0.4 is 0 Å². The van der Waals surface area contributed by atoms with Crippen molar-refractivity contribution in [1.82, 2.24) is 0 Å². The van der Waals surface area contributed by atoms with Crippen LogP contribution in [0.2, 0.25) is 0 Å². The van der Waals surface area contributed by atoms with Crippen LogP contribution in [0.5, 0.6) is 0 Å². The highest BCUT2D eigenvalue weighted by Crippen LogP contribution is 2.56. The molecule has 1 heterocycles. The van der Waals surface area contributed by atoms with E-state index in [-0.39, 0.29) is 35.3 Å². The molecule has 0 fully saturated rings. The molecule has 1 aliphatic carbocycles. The van der Waals surface area contributed by atoms with Gasteiger partial charge in [0.05, 0.1) is 18.7 Å². The molecule has 6 nitrogen and oxygen atoms in total. The summed E-state index contributed by atoms with van der Waals surface area (Å²) >= 11 is 0. The number of methoxy groups -OCH3 is 1. The molecule has 0 amide bonds. The van der Waals surface area contributed by atoms with E-state index in [4.69, 9.17) is 10.00 Å². The average molecular weight is 423 g/mol. The van der Waals surface area contributed by atoms with Crippen LogP contribution in [0.4, 0.5) is 13.2 Å². The van der Waals surface area contributed by atoms with E-state index in [2.05, 4.69) is 4.74 Å². The molecule has 0 spiro atoms. The summed E-state index contributed by atoms with van der Waals surface area (Å²) in [5, 5.41) is 19.6. The molecule has 160 valence electrons. The van der Waals surface area contributed by atoms with Gasteiger partial charge < -0.3 is 14.6 Å². The number of esters is 1. The van der Waals surface area contributed by atoms with E-state index in [1.807, 2.05) is 6.07 Å². The van der Waals surface area contributed by atoms with E-state index in [9.17, 15) is 27.9 Å². The van der Waals surface area contributed by atoms with Gasteiger partial charge in [0, 0.05) is 24.3 Å². The number of allylic oxidation sites excluding steroid dienone is 2. The zero-order valence-corrected chi connectivity index (χ0v) is 16.5. The van der Waals surface area contributed by atoms with Crippen LogP contribution in [-0.4, -0.2) is 35.9 Å². The maximum Gasteiger partial charge on any atom is 0.456 e. The van der Waals surface area contributed by atoms with Crippen molar-refractivity contribution in [2.24, 2.45) is 11.3 Å². The van der Waals surface area contributed by atoms with Crippen molar-refractivity contribution in [3.05, 3.63) is 46.7 Å². The van der Waals surface area contributed by atoms with Gasteiger partial charge in [-0.2, -0.15) is 18.4 Å². The van der Waals surface area contributed by atoms with Crippen molar-refractivity contribution >= 4 is 11.8 Å². The van der Waals surface area contributed by atoms with Crippen molar-refractivity contribution in [1.29, 1.82) is 5.26 Å². The van der Waals surface area contributed by atoms with Gasteiger partial charge in [-0.3, -0.25) is 9.59 Å². The third-order valence-corrected chi connectivity index (χ3v) is 5.48. The second-order valence-electron chi connectivity index (χ2n) is 8.29. The van der Waals surface area contributed by atoms with Gasteiger partial charge in [0.15, 0.2) is 5.78 Å². The Labute approximate surface area is 170 Å². The SMILES string of the molecule is COC(=O)[C@@H]1[C@@H](c2ccc(C#N)cc2)C2=C(CC(C)(C)CC2=O)O[C@@]1(O)C(F)(F)F. The molecule has 1 aromatic rings. The molecule has 0 unspecified atom stereocenters. The van der Waals surface area contributed by atoms with Gasteiger partial charge in [0.2, 0.25) is 0 Å². The number of ether oxygens (including phenoxy) is 2. The molecule has 2 aliphatic rings. The summed E-state index contributed by atoms with van der Waals surface area (Å²) in [6.07, 6.45) is -5.33. The fourth-order valence-electron chi connectivity index (χ4n) is 4.14. The molecule has 0 radical (unpaired) electrons. The van der Waals surface area contributed by atoms with Crippen LogP contribution in [0.25, 0.3) is 0 Å². The number of ketones is 1. The van der Waals surface area contributed by atoms with E-state index in [0.29, 0.717) is 0 Å². The van der Waals surface area contributed by atoms with Crippen molar-refractivity contribution in [2.45, 2.75) is 44.6 Å². The van der Waals surface area contributed by atoms with Crippen LogP contribution in [0.15, 0.2) is 35.6 Å². The van der Waals surface area contributed by atoms with Gasteiger partial charge in [-0.25, -0.2) is 0 Å². The number of halogens is 3. The van der Waals surface area contributed by atoms with Crippen molar-refractivity contribution < 1.29 is 37.3 Å². The highest BCUT2D eigenvalue weighted by molar-refractivity contribution is 6.00. The number of carbonyl (C=O) groups excluding carboxylic acids is 2. The number of aliphatic hydroxyl groups is 1. The maximum absolute atomic E-state index is 14.0. The number of nitriles is 1. The first-order valence-electron chi connectivity index (χ1n) is 9.17. The van der Waals surface area contributed by atoms with E-state index in [1.165, 1.54) is 24.3 Å². The Bertz CT molecular complexity index is 958. The molecule has 0 bridgehead atoms. The molecule has 1 aromatic carbocycles. The van der Waals surface area contributed by atoms with Crippen molar-refractivity contribution in [3.63, 3.8) is 0 Å². The number of Topliss-reactive ketones (excluding diaryl/α,β-unsaturated/α-hetero) is 1. The van der Waals surface area contributed by atoms with Crippen LogP contribution in [0.3, 0.4) is 0 Å². The second kappa shape index (κ2) is 7.13. The van der Waals surface area contributed by atoms with Crippen molar-refractivity contribution in [3.8, 4) is 6.07 Å². The van der Waals surface area contributed by atoms with Gasteiger partial charge in [0.25, 0.3) is 0 Å². The fraction of sp³-hybridized carbons (Fsp3) is 0.476. The molecule has 30 heavy (non-hydrogen) atoms. The Hall–Kier alpha value is -2.86. The number of benzene rings is 1. The normalized spacial score (nSPS) is 28.3. The summed E-state index contributed by atoms with van der Waals surface area (Å²) in [5.74, 6) is -9.72. The predicted octanol–water partition coefficient (Wildman–Crippen LogP) is 3.36. The molecule has 0 saturated heterocycles. The summed E-state index contributed by atoms with van der Waals surface area (Å²) < 4.78 is 51.6. The molecule has 0 saturated carbocycles. The van der Waals surface area contributed by atoms with E-state index in [1.54, 1.807) is 13.8 Å². The Morgan fingerprint density at radius 1 is 1.27 bits per heavy atom. The molecule has 1 aliphatic heterocycles. The molecule has 9 heteroatoms. The van der Waals surface area contributed by atoms with Crippen LogP contribution in [-0.2, 0) is 19.1 Å². The topological polar surface area (TPSA) is 96.6 Å². The number of carbonyl (C=O) groups is 2. The van der Waals surface area contributed by atoms with Gasteiger partial charge in [-0.05, 0) is 23.1 Å². The minimum Gasteiger partial charge on any atom is -0.469 e. The van der Waals surface area contributed by atoms with Gasteiger partial charge in [0.1, 0.15) is 11.7 Å². The first-order chi connectivity index (χ1) is 13.8. The van der Waals surface area contributed by atoms with Gasteiger partial charge in [-0.15, -0.1) is 0 Å². The molecule has 1 N–H and O–H groups in total. The fourth-order valence-corrected chi connectivity index (χ4v) is 4.14. The average Bonchev–Trinajstić information content (AvgIpc) is 2.64. The lowest BCUT2D eigenvalue weighted by Gasteiger charge is -2.47. The number of nitrogens with zero attached hydrogens (tertiary/aromatic N) is 1. The lowest BCUT2D eigenvalue weighted by molar-refractivity contribution is -0.378. The quantitative estimate of drug-likeness (QED) is 0.733. The molecule has 3 rings (SSSR count). The van der Waals surface area contributed by atoms with Crippen LogP contribution in [0.1, 0.15) is 43.7 Å². The minimum atomic E-state index is -5.35. The molecular weight excluding hydrogens is 403 g/mol. The predicted molar refractivity (Wildman–Crippen MR) is 96.5 cm³/mol. The number of alkyl halides is 3. The van der Waals surface area contributed by atoms with Crippen molar-refractivity contribution in [2.75, 3.05) is 7.11 Å². The zero-order chi connectivity index (χ0) is 22.5. The van der Waals surface area contributed by atoms with Gasteiger partial charge >= 0.3 is 17.9 Å². The number of rotatable bonds is 2. The molecular formula is C21H20F3NO5. The first-order valence-corrected chi connectivity index (χ1v) is 9.17. The number of hydrogen-bond acceptors (Lipinski definition) is 6. The van der Waals surface area contributed by atoms with E-state index in [0.717, 1.165) is 7.11 Å². The summed E-state index contributed by atoms with van der Waals surface area (Å²) in [6, 6.07) is 7.34. The molecule has 3 atom stereocenters. The molecule has 0 aromatic heterocycles. The summed E-state index contributed by atoms with van der Waals surface area (Å²) in [5.41, 5.74) is -0.355. The third-order valence-electron chi connectivity index (χ3n) is 5.48. The highest BCUT2D eigenvalue weighted by atomic mass is 19.4. The maximum atomic E-state index is 14.0. The summed E-state index contributed by atoms with van der Waals surface area (Å²) in [7, 11) is 0.894. The minimum absolute atomic E-state index is 0.0207. The largest absolute Gasteiger partial charge is 0.469 e. The Morgan fingerprint density at radius 3 is 2.37 bits per heavy atom. The standard InChI is InChI=1S/C21H20F3NO5/c1-19(2)8-13(26)16-14(9-19)30-20(28,21(22,23)24)17(18(27)29-3)15(16)12-6-4-11(10-25)5-7-12/h4-7,15,17,28H,8-9H2,1-3H3/t15-,17-,20+/m0/s1. The van der Waals surface area contributed by atoms with Crippen LogP contribution in [0, 0.1) is 22.7 Å². The Balaban J connectivity index is 2.31. The van der Waals surface area contributed by atoms with Crippen LogP contribution >= 0.6 is 0 Å². The Morgan fingerprint density at radius 2 is 1.87 bits per heavy atom. The monoisotopic (exact) mass is 423 g/mol. The van der Waals surface area contributed by atoms with E-state index < -0.39 is 41.0 Å². The first kappa shape index (κ1) is 21.8. The van der Waals surface area contributed by atoms with E-state index >= 15 is 0 Å². The second-order valence-corrected chi connectivity index (χ2v) is 8.29. The summed E-state index contributed by atoms with van der Waals surface area (Å²) in [4.78, 5) is 25.5. The highest BCUT2D eigenvalue weighted by Gasteiger charge is 2.70. The lowest BCUT2D eigenvalue weighted by Crippen LogP contribution is -2.61. The third kappa shape index (κ3) is 3.45. The zero-order valence-electron chi connectivity index (χ0n) is 16.5. The Kier molecular flexibility index (Phi) is 5.19. The number of hydrogen-bond donors (Lipinski definition) is 1. The lowest BCUT2D eigenvalue weighted by atomic mass is 9.66. The summed E-state index contributed by atoms with van der Waals surface area (Å²) in [6.45, 7) is 3.40. The van der Waals surface area contributed by atoms with Gasteiger partial charge in [-0.1, -0.05) is 26.0 Å². The smallest absolute Gasteiger partial charge is 0.456 e.